The fraction of sp³-hybridized carbons (Fsp3) is 0.267. The van der Waals surface area contributed by atoms with Gasteiger partial charge in [0, 0.05) is 4.88 Å². The summed E-state index contributed by atoms with van der Waals surface area (Å²) in [5, 5.41) is 9.04. The number of thiophene rings is 1. The third kappa shape index (κ3) is 2.63. The number of hydrogen-bond donors (Lipinski definition) is 1. The Labute approximate surface area is 116 Å². The molecule has 4 heteroatoms. The summed E-state index contributed by atoms with van der Waals surface area (Å²) in [6.07, 6.45) is 0.881. The lowest BCUT2D eigenvalue weighted by Gasteiger charge is -2.09. The maximum absolute atomic E-state index is 11.0. The molecule has 0 fully saturated rings. The lowest BCUT2D eigenvalue weighted by Crippen LogP contribution is -1.92. The standard InChI is InChI=1S/C15H16O3S/c1-4-10-7-11(5-6-13(10)18-3)12-8-14(15(16)17)19-9(12)2/h5-8H,4H2,1-3H3,(H,16,17). The predicted octanol–water partition coefficient (Wildman–Crippen LogP) is 3.99. The second-order valence-electron chi connectivity index (χ2n) is 4.27. The van der Waals surface area contributed by atoms with E-state index in [2.05, 4.69) is 13.0 Å². The van der Waals surface area contributed by atoms with E-state index < -0.39 is 5.97 Å². The predicted molar refractivity (Wildman–Crippen MR) is 77.4 cm³/mol. The van der Waals surface area contributed by atoms with Crippen molar-refractivity contribution < 1.29 is 14.6 Å². The molecule has 0 aliphatic carbocycles. The van der Waals surface area contributed by atoms with Gasteiger partial charge < -0.3 is 9.84 Å². The summed E-state index contributed by atoms with van der Waals surface area (Å²) < 4.78 is 5.31. The summed E-state index contributed by atoms with van der Waals surface area (Å²) in [4.78, 5) is 12.4. The van der Waals surface area contributed by atoms with Crippen LogP contribution in [0.3, 0.4) is 0 Å². The normalized spacial score (nSPS) is 10.5. The van der Waals surface area contributed by atoms with Crippen LogP contribution in [0.15, 0.2) is 24.3 Å². The minimum atomic E-state index is -0.872. The van der Waals surface area contributed by atoms with Gasteiger partial charge >= 0.3 is 5.97 Å². The number of methoxy groups -OCH3 is 1. The van der Waals surface area contributed by atoms with Gasteiger partial charge in [0.1, 0.15) is 10.6 Å². The second kappa shape index (κ2) is 5.45. The molecule has 0 aliphatic rings. The van der Waals surface area contributed by atoms with Crippen LogP contribution in [0, 0.1) is 6.92 Å². The van der Waals surface area contributed by atoms with Crippen molar-refractivity contribution >= 4 is 17.3 Å². The summed E-state index contributed by atoms with van der Waals surface area (Å²) in [6, 6.07) is 7.72. The van der Waals surface area contributed by atoms with Crippen LogP contribution in [0.5, 0.6) is 5.75 Å². The summed E-state index contributed by atoms with van der Waals surface area (Å²) in [5.41, 5.74) is 3.15. The number of aromatic carboxylic acids is 1. The number of hydrogen-bond acceptors (Lipinski definition) is 3. The van der Waals surface area contributed by atoms with Crippen molar-refractivity contribution in [1.82, 2.24) is 0 Å². The average molecular weight is 276 g/mol. The van der Waals surface area contributed by atoms with Gasteiger partial charge in [0.25, 0.3) is 0 Å². The SMILES string of the molecule is CCc1cc(-c2cc(C(=O)O)sc2C)ccc1OC. The van der Waals surface area contributed by atoms with Gasteiger partial charge in [0.15, 0.2) is 0 Å². The van der Waals surface area contributed by atoms with Crippen LogP contribution in [-0.2, 0) is 6.42 Å². The Balaban J connectivity index is 2.50. The molecule has 100 valence electrons. The Morgan fingerprint density at radius 3 is 2.63 bits per heavy atom. The Kier molecular flexibility index (Phi) is 3.90. The first-order valence-corrected chi connectivity index (χ1v) is 6.89. The molecule has 0 saturated carbocycles. The number of carboxylic acid groups (broad SMARTS) is 1. The van der Waals surface area contributed by atoms with Gasteiger partial charge in [-0.05, 0) is 48.2 Å². The first-order chi connectivity index (χ1) is 9.06. The van der Waals surface area contributed by atoms with Crippen LogP contribution < -0.4 is 4.74 Å². The van der Waals surface area contributed by atoms with E-state index in [4.69, 9.17) is 9.84 Å². The summed E-state index contributed by atoms with van der Waals surface area (Å²) in [5.74, 6) is 0.00108. The van der Waals surface area contributed by atoms with Gasteiger partial charge in [-0.25, -0.2) is 4.79 Å². The van der Waals surface area contributed by atoms with E-state index in [-0.39, 0.29) is 0 Å². The zero-order chi connectivity index (χ0) is 14.0. The van der Waals surface area contributed by atoms with Crippen LogP contribution in [0.4, 0.5) is 0 Å². The fourth-order valence-electron chi connectivity index (χ4n) is 2.10. The lowest BCUT2D eigenvalue weighted by molar-refractivity contribution is 0.0702. The number of aryl methyl sites for hydroxylation is 2. The largest absolute Gasteiger partial charge is 0.496 e. The maximum Gasteiger partial charge on any atom is 0.345 e. The molecule has 0 unspecified atom stereocenters. The highest BCUT2D eigenvalue weighted by Gasteiger charge is 2.13. The van der Waals surface area contributed by atoms with Crippen molar-refractivity contribution in [2.24, 2.45) is 0 Å². The average Bonchev–Trinajstić information content (AvgIpc) is 2.80. The van der Waals surface area contributed by atoms with Crippen LogP contribution >= 0.6 is 11.3 Å². The number of carboxylic acids is 1. The molecule has 0 atom stereocenters. The molecule has 3 nitrogen and oxygen atoms in total. The van der Waals surface area contributed by atoms with Gasteiger partial charge in [-0.1, -0.05) is 13.0 Å². The van der Waals surface area contributed by atoms with E-state index >= 15 is 0 Å². The molecule has 1 heterocycles. The molecular weight excluding hydrogens is 260 g/mol. The highest BCUT2D eigenvalue weighted by Crippen LogP contribution is 2.33. The van der Waals surface area contributed by atoms with Gasteiger partial charge in [0.2, 0.25) is 0 Å². The van der Waals surface area contributed by atoms with Crippen LogP contribution in [-0.4, -0.2) is 18.2 Å². The smallest absolute Gasteiger partial charge is 0.345 e. The second-order valence-corrected chi connectivity index (χ2v) is 5.52. The Bertz CT molecular complexity index is 614. The minimum absolute atomic E-state index is 0.376. The maximum atomic E-state index is 11.0. The van der Waals surface area contributed by atoms with E-state index in [1.54, 1.807) is 13.2 Å². The molecule has 2 aromatic rings. The Morgan fingerprint density at radius 2 is 2.11 bits per heavy atom. The van der Waals surface area contributed by atoms with Crippen LogP contribution in [0.1, 0.15) is 27.0 Å². The summed E-state index contributed by atoms with van der Waals surface area (Å²) >= 11 is 1.31. The van der Waals surface area contributed by atoms with E-state index in [1.807, 2.05) is 19.1 Å². The number of carbonyl (C=O) groups is 1. The minimum Gasteiger partial charge on any atom is -0.496 e. The molecule has 2 rings (SSSR count). The van der Waals surface area contributed by atoms with Gasteiger partial charge in [0.05, 0.1) is 7.11 Å². The monoisotopic (exact) mass is 276 g/mol. The molecule has 0 amide bonds. The number of rotatable bonds is 4. The van der Waals surface area contributed by atoms with E-state index in [1.165, 1.54) is 11.3 Å². The lowest BCUT2D eigenvalue weighted by atomic mass is 10.0. The van der Waals surface area contributed by atoms with Gasteiger partial charge in [-0.2, -0.15) is 0 Å². The van der Waals surface area contributed by atoms with Gasteiger partial charge in [-0.15, -0.1) is 11.3 Å². The fourth-order valence-corrected chi connectivity index (χ4v) is 2.98. The molecule has 19 heavy (non-hydrogen) atoms. The Hall–Kier alpha value is -1.81. The van der Waals surface area contributed by atoms with E-state index in [0.717, 1.165) is 33.7 Å². The molecule has 1 N–H and O–H groups in total. The van der Waals surface area contributed by atoms with Crippen molar-refractivity contribution in [3.63, 3.8) is 0 Å². The molecule has 0 bridgehead atoms. The first kappa shape index (κ1) is 13.6. The zero-order valence-electron chi connectivity index (χ0n) is 11.2. The van der Waals surface area contributed by atoms with Crippen molar-refractivity contribution in [2.75, 3.05) is 7.11 Å². The van der Waals surface area contributed by atoms with Crippen molar-refractivity contribution in [3.8, 4) is 16.9 Å². The third-order valence-electron chi connectivity index (χ3n) is 3.10. The topological polar surface area (TPSA) is 46.5 Å². The Morgan fingerprint density at radius 1 is 1.37 bits per heavy atom. The molecule has 0 aliphatic heterocycles. The van der Waals surface area contributed by atoms with Crippen molar-refractivity contribution in [1.29, 1.82) is 0 Å². The van der Waals surface area contributed by atoms with Crippen LogP contribution in [0.2, 0.25) is 0 Å². The number of benzene rings is 1. The highest BCUT2D eigenvalue weighted by atomic mass is 32.1. The zero-order valence-corrected chi connectivity index (χ0v) is 12.0. The molecule has 0 radical (unpaired) electrons. The van der Waals surface area contributed by atoms with E-state index in [0.29, 0.717) is 4.88 Å². The third-order valence-corrected chi connectivity index (χ3v) is 4.14. The highest BCUT2D eigenvalue weighted by molar-refractivity contribution is 7.14. The van der Waals surface area contributed by atoms with E-state index in [9.17, 15) is 4.79 Å². The van der Waals surface area contributed by atoms with Crippen molar-refractivity contribution in [3.05, 3.63) is 39.6 Å². The quantitative estimate of drug-likeness (QED) is 0.918. The van der Waals surface area contributed by atoms with Crippen molar-refractivity contribution in [2.45, 2.75) is 20.3 Å². The van der Waals surface area contributed by atoms with Crippen LogP contribution in [0.25, 0.3) is 11.1 Å². The number of ether oxygens (including phenoxy) is 1. The van der Waals surface area contributed by atoms with Gasteiger partial charge in [-0.3, -0.25) is 0 Å². The molecule has 0 spiro atoms. The summed E-state index contributed by atoms with van der Waals surface area (Å²) in [7, 11) is 1.66. The molecule has 1 aromatic carbocycles. The molecular formula is C15H16O3S. The first-order valence-electron chi connectivity index (χ1n) is 6.07. The molecule has 1 aromatic heterocycles. The molecule has 0 saturated heterocycles. The summed E-state index contributed by atoms with van der Waals surface area (Å²) in [6.45, 7) is 4.02.